The topological polar surface area (TPSA) is 57.6 Å². The maximum absolute atomic E-state index is 13.7. The highest BCUT2D eigenvalue weighted by atomic mass is 19.1. The van der Waals surface area contributed by atoms with Gasteiger partial charge in [-0.05, 0) is 53.4 Å². The lowest BCUT2D eigenvalue weighted by Gasteiger charge is -2.19. The van der Waals surface area contributed by atoms with Gasteiger partial charge in [0.05, 0.1) is 17.5 Å². The quantitative estimate of drug-likeness (QED) is 0.717. The Morgan fingerprint density at radius 3 is 2.66 bits per heavy atom. The van der Waals surface area contributed by atoms with E-state index in [0.29, 0.717) is 13.0 Å². The SMILES string of the molecule is O=C(O)c1cccc(CN2C(=O)[C@@]3(C[C@@H]3c3cccc(F)c3)c3ccccc32)c1. The van der Waals surface area contributed by atoms with E-state index < -0.39 is 11.4 Å². The lowest BCUT2D eigenvalue weighted by Crippen LogP contribution is -2.32. The molecule has 0 saturated heterocycles. The van der Waals surface area contributed by atoms with Gasteiger partial charge in [-0.1, -0.05) is 42.5 Å². The van der Waals surface area contributed by atoms with Crippen LogP contribution in [0.5, 0.6) is 0 Å². The zero-order chi connectivity index (χ0) is 20.2. The molecule has 1 spiro atoms. The van der Waals surface area contributed by atoms with Gasteiger partial charge in [0.15, 0.2) is 0 Å². The van der Waals surface area contributed by atoms with Crippen LogP contribution in [0.15, 0.2) is 72.8 Å². The van der Waals surface area contributed by atoms with E-state index in [-0.39, 0.29) is 23.2 Å². The maximum atomic E-state index is 13.7. The molecular formula is C24H18FNO3. The van der Waals surface area contributed by atoms with Crippen molar-refractivity contribution in [2.24, 2.45) is 0 Å². The molecule has 1 aliphatic heterocycles. The predicted molar refractivity (Wildman–Crippen MR) is 106 cm³/mol. The summed E-state index contributed by atoms with van der Waals surface area (Å²) in [6, 6.07) is 20.8. The summed E-state index contributed by atoms with van der Waals surface area (Å²) in [5, 5.41) is 9.24. The molecule has 0 radical (unpaired) electrons. The number of carboxylic acids is 1. The van der Waals surface area contributed by atoms with Crippen molar-refractivity contribution in [2.45, 2.75) is 24.3 Å². The van der Waals surface area contributed by atoms with Crippen molar-refractivity contribution in [1.82, 2.24) is 0 Å². The van der Waals surface area contributed by atoms with Gasteiger partial charge in [0, 0.05) is 11.6 Å². The molecule has 1 saturated carbocycles. The Balaban J connectivity index is 1.52. The van der Waals surface area contributed by atoms with Crippen molar-refractivity contribution < 1.29 is 19.1 Å². The van der Waals surface area contributed by atoms with Crippen LogP contribution in [0.4, 0.5) is 10.1 Å². The van der Waals surface area contributed by atoms with Crippen molar-refractivity contribution in [1.29, 1.82) is 0 Å². The monoisotopic (exact) mass is 387 g/mol. The van der Waals surface area contributed by atoms with E-state index in [1.165, 1.54) is 18.2 Å². The summed E-state index contributed by atoms with van der Waals surface area (Å²) in [4.78, 5) is 26.6. The Morgan fingerprint density at radius 2 is 1.86 bits per heavy atom. The van der Waals surface area contributed by atoms with Crippen molar-refractivity contribution >= 4 is 17.6 Å². The molecule has 1 amide bonds. The number of hydrogen-bond donors (Lipinski definition) is 1. The van der Waals surface area contributed by atoms with Gasteiger partial charge in [0.25, 0.3) is 0 Å². The second kappa shape index (κ2) is 6.27. The van der Waals surface area contributed by atoms with Crippen LogP contribution in [-0.2, 0) is 16.8 Å². The van der Waals surface area contributed by atoms with Crippen LogP contribution in [-0.4, -0.2) is 17.0 Å². The van der Waals surface area contributed by atoms with Crippen LogP contribution < -0.4 is 4.90 Å². The number of benzene rings is 3. The van der Waals surface area contributed by atoms with Gasteiger partial charge in [0.2, 0.25) is 5.91 Å². The molecule has 29 heavy (non-hydrogen) atoms. The largest absolute Gasteiger partial charge is 0.478 e. The number of carbonyl (C=O) groups excluding carboxylic acids is 1. The van der Waals surface area contributed by atoms with E-state index in [0.717, 1.165) is 22.4 Å². The molecule has 3 aromatic carbocycles. The number of aromatic carboxylic acids is 1. The average molecular weight is 387 g/mol. The van der Waals surface area contributed by atoms with Crippen LogP contribution in [0.2, 0.25) is 0 Å². The summed E-state index contributed by atoms with van der Waals surface area (Å²) in [6.45, 7) is 0.300. The van der Waals surface area contributed by atoms with Crippen LogP contribution in [0, 0.1) is 5.82 Å². The molecule has 0 bridgehead atoms. The molecule has 1 heterocycles. The van der Waals surface area contributed by atoms with Gasteiger partial charge in [0.1, 0.15) is 5.82 Å². The average Bonchev–Trinajstić information content (AvgIpc) is 3.44. The fraction of sp³-hybridized carbons (Fsp3) is 0.167. The number of carboxylic acid groups (broad SMARTS) is 1. The number of carbonyl (C=O) groups is 2. The minimum absolute atomic E-state index is 0.00584. The lowest BCUT2D eigenvalue weighted by atomic mass is 9.92. The number of amides is 1. The fourth-order valence-electron chi connectivity index (χ4n) is 4.62. The number of rotatable bonds is 4. The first kappa shape index (κ1) is 17.6. The highest BCUT2D eigenvalue weighted by molar-refractivity contribution is 6.11. The second-order valence-corrected chi connectivity index (χ2v) is 7.70. The first-order valence-corrected chi connectivity index (χ1v) is 9.50. The molecule has 1 aliphatic carbocycles. The molecule has 0 aromatic heterocycles. The van der Waals surface area contributed by atoms with Crippen molar-refractivity contribution in [3.63, 3.8) is 0 Å². The molecule has 5 heteroatoms. The highest BCUT2D eigenvalue weighted by Crippen LogP contribution is 2.66. The molecule has 144 valence electrons. The number of fused-ring (bicyclic) bond motifs is 2. The van der Waals surface area contributed by atoms with E-state index in [2.05, 4.69) is 0 Å². The van der Waals surface area contributed by atoms with Crippen molar-refractivity contribution in [2.75, 3.05) is 4.90 Å². The Kier molecular flexibility index (Phi) is 3.81. The normalized spacial score (nSPS) is 22.0. The minimum atomic E-state index is -0.996. The van der Waals surface area contributed by atoms with E-state index in [1.54, 1.807) is 23.1 Å². The van der Waals surface area contributed by atoms with Gasteiger partial charge in [-0.15, -0.1) is 0 Å². The molecule has 2 atom stereocenters. The molecule has 5 rings (SSSR count). The molecular weight excluding hydrogens is 369 g/mol. The maximum Gasteiger partial charge on any atom is 0.335 e. The summed E-state index contributed by atoms with van der Waals surface area (Å²) < 4.78 is 13.7. The van der Waals surface area contributed by atoms with Gasteiger partial charge < -0.3 is 10.0 Å². The number of anilines is 1. The number of halogens is 1. The molecule has 0 unspecified atom stereocenters. The highest BCUT2D eigenvalue weighted by Gasteiger charge is 2.67. The Hall–Kier alpha value is -3.47. The Labute approximate surface area is 167 Å². The summed E-state index contributed by atoms with van der Waals surface area (Å²) in [6.07, 6.45) is 0.651. The van der Waals surface area contributed by atoms with Gasteiger partial charge in [-0.25, -0.2) is 9.18 Å². The molecule has 1 fully saturated rings. The second-order valence-electron chi connectivity index (χ2n) is 7.70. The van der Waals surface area contributed by atoms with E-state index in [4.69, 9.17) is 0 Å². The zero-order valence-corrected chi connectivity index (χ0v) is 15.5. The van der Waals surface area contributed by atoms with Crippen LogP contribution in [0.25, 0.3) is 0 Å². The summed E-state index contributed by atoms with van der Waals surface area (Å²) >= 11 is 0. The minimum Gasteiger partial charge on any atom is -0.478 e. The lowest BCUT2D eigenvalue weighted by molar-refractivity contribution is -0.120. The molecule has 3 aromatic rings. The van der Waals surface area contributed by atoms with Crippen LogP contribution in [0.3, 0.4) is 0 Å². The predicted octanol–water partition coefficient (Wildman–Crippen LogP) is 4.50. The first-order valence-electron chi connectivity index (χ1n) is 9.50. The third-order valence-corrected chi connectivity index (χ3v) is 6.03. The smallest absolute Gasteiger partial charge is 0.335 e. The standard InChI is InChI=1S/C24H18FNO3/c25-18-8-4-6-16(12-18)20-13-24(20)19-9-1-2-10-21(19)26(23(24)29)14-15-5-3-7-17(11-15)22(27)28/h1-12,20H,13-14H2,(H,27,28)/t20-,24+/m1/s1. The van der Waals surface area contributed by atoms with E-state index in [1.807, 2.05) is 36.4 Å². The number of para-hydroxylation sites is 1. The van der Waals surface area contributed by atoms with Gasteiger partial charge >= 0.3 is 5.97 Å². The zero-order valence-electron chi connectivity index (χ0n) is 15.5. The third kappa shape index (κ3) is 2.65. The number of hydrogen-bond acceptors (Lipinski definition) is 2. The van der Waals surface area contributed by atoms with E-state index >= 15 is 0 Å². The Bertz CT molecular complexity index is 1160. The molecule has 1 N–H and O–H groups in total. The molecule has 2 aliphatic rings. The van der Waals surface area contributed by atoms with Crippen molar-refractivity contribution in [3.05, 3.63) is 101 Å². The summed E-state index contributed by atoms with van der Waals surface area (Å²) in [5.41, 5.74) is 2.94. The third-order valence-electron chi connectivity index (χ3n) is 6.03. The molecule has 4 nitrogen and oxygen atoms in total. The summed E-state index contributed by atoms with van der Waals surface area (Å²) in [5.74, 6) is -1.36. The summed E-state index contributed by atoms with van der Waals surface area (Å²) in [7, 11) is 0. The van der Waals surface area contributed by atoms with Crippen LogP contribution >= 0.6 is 0 Å². The van der Waals surface area contributed by atoms with Crippen molar-refractivity contribution in [3.8, 4) is 0 Å². The van der Waals surface area contributed by atoms with Gasteiger partial charge in [-0.3, -0.25) is 4.79 Å². The Morgan fingerprint density at radius 1 is 1.07 bits per heavy atom. The number of nitrogens with zero attached hydrogens (tertiary/aromatic N) is 1. The fourth-order valence-corrected chi connectivity index (χ4v) is 4.62. The van der Waals surface area contributed by atoms with E-state index in [9.17, 15) is 19.1 Å². The van der Waals surface area contributed by atoms with Gasteiger partial charge in [-0.2, -0.15) is 0 Å². The van der Waals surface area contributed by atoms with Crippen LogP contribution in [0.1, 0.15) is 39.4 Å². The first-order chi connectivity index (χ1) is 14.0.